The van der Waals surface area contributed by atoms with E-state index in [4.69, 9.17) is 4.74 Å². The van der Waals surface area contributed by atoms with Crippen LogP contribution >= 0.6 is 23.1 Å². The minimum Gasteiger partial charge on any atom is -0.497 e. The molecule has 2 fully saturated rings. The van der Waals surface area contributed by atoms with E-state index in [2.05, 4.69) is 26.9 Å². The summed E-state index contributed by atoms with van der Waals surface area (Å²) in [5.74, 6) is 0.979. The number of anilines is 1. The van der Waals surface area contributed by atoms with Crippen LogP contribution in [0.2, 0.25) is 0 Å². The number of carbonyl (C=O) groups is 1. The number of thiazole rings is 1. The molecule has 0 saturated carbocycles. The van der Waals surface area contributed by atoms with Crippen LogP contribution in [0, 0.1) is 0 Å². The lowest BCUT2D eigenvalue weighted by molar-refractivity contribution is 0.0558. The molecule has 0 unspecified atom stereocenters. The monoisotopic (exact) mass is 432 g/mol. The average molecular weight is 433 g/mol. The van der Waals surface area contributed by atoms with Crippen molar-refractivity contribution in [3.8, 4) is 5.75 Å². The summed E-state index contributed by atoms with van der Waals surface area (Å²) in [7, 11) is 1.70. The van der Waals surface area contributed by atoms with Crippen molar-refractivity contribution >= 4 is 34.7 Å². The molecule has 2 aromatic rings. The maximum absolute atomic E-state index is 12.9. The van der Waals surface area contributed by atoms with Crippen molar-refractivity contribution in [3.63, 3.8) is 0 Å². The molecule has 2 aliphatic rings. The molecule has 2 aliphatic heterocycles. The Kier molecular flexibility index (Phi) is 6.62. The van der Waals surface area contributed by atoms with Crippen molar-refractivity contribution in [3.05, 3.63) is 35.3 Å². The second-order valence-corrected chi connectivity index (χ2v) is 9.38. The van der Waals surface area contributed by atoms with Gasteiger partial charge in [0.2, 0.25) is 0 Å². The number of amides is 1. The maximum Gasteiger partial charge on any atom is 0.273 e. The summed E-state index contributed by atoms with van der Waals surface area (Å²) in [5, 5.41) is 1.89. The first-order valence-corrected chi connectivity index (χ1v) is 12.2. The van der Waals surface area contributed by atoms with Crippen LogP contribution in [0.25, 0.3) is 0 Å². The van der Waals surface area contributed by atoms with Crippen LogP contribution in [-0.4, -0.2) is 79.4 Å². The van der Waals surface area contributed by atoms with Gasteiger partial charge in [-0.3, -0.25) is 9.69 Å². The van der Waals surface area contributed by atoms with Crippen LogP contribution in [-0.2, 0) is 0 Å². The first-order valence-electron chi connectivity index (χ1n) is 10.1. The highest BCUT2D eigenvalue weighted by Gasteiger charge is 2.31. The highest BCUT2D eigenvalue weighted by atomic mass is 32.2. The minimum absolute atomic E-state index is 0.0862. The number of carbonyl (C=O) groups excluding carboxylic acids is 1. The highest BCUT2D eigenvalue weighted by molar-refractivity contribution is 8.00. The summed E-state index contributed by atoms with van der Waals surface area (Å²) in [6.07, 6.45) is 4.23. The van der Waals surface area contributed by atoms with Crippen molar-refractivity contribution in [1.82, 2.24) is 14.8 Å². The van der Waals surface area contributed by atoms with Gasteiger partial charge in [-0.2, -0.15) is 0 Å². The summed E-state index contributed by atoms with van der Waals surface area (Å²) in [4.78, 5) is 24.3. The number of ether oxygens (including phenoxy) is 1. The Morgan fingerprint density at radius 2 is 1.93 bits per heavy atom. The molecule has 156 valence electrons. The van der Waals surface area contributed by atoms with E-state index in [0.29, 0.717) is 11.7 Å². The number of piperidine rings is 1. The number of rotatable bonds is 5. The molecular weight excluding hydrogens is 404 g/mol. The van der Waals surface area contributed by atoms with Gasteiger partial charge in [0.1, 0.15) is 15.8 Å². The Balaban J connectivity index is 1.32. The van der Waals surface area contributed by atoms with Crippen molar-refractivity contribution < 1.29 is 9.53 Å². The Bertz CT molecular complexity index is 818. The van der Waals surface area contributed by atoms with Gasteiger partial charge >= 0.3 is 0 Å². The van der Waals surface area contributed by atoms with Crippen LogP contribution in [0.4, 0.5) is 5.69 Å². The lowest BCUT2D eigenvalue weighted by atomic mass is 10.0. The third-order valence-corrected chi connectivity index (χ3v) is 7.69. The molecule has 0 radical (unpaired) electrons. The van der Waals surface area contributed by atoms with E-state index in [1.807, 2.05) is 28.7 Å². The van der Waals surface area contributed by atoms with Crippen LogP contribution in [0.3, 0.4) is 0 Å². The van der Waals surface area contributed by atoms with Gasteiger partial charge in [0.15, 0.2) is 0 Å². The second kappa shape index (κ2) is 9.36. The molecule has 1 aromatic carbocycles. The largest absolute Gasteiger partial charge is 0.497 e. The number of aromatic nitrogens is 1. The zero-order chi connectivity index (χ0) is 20.2. The fourth-order valence-corrected chi connectivity index (χ4v) is 5.42. The minimum atomic E-state index is 0.0862. The Hall–Kier alpha value is -1.77. The summed E-state index contributed by atoms with van der Waals surface area (Å²) in [5.41, 5.74) is 1.85. The van der Waals surface area contributed by atoms with E-state index in [9.17, 15) is 4.79 Å². The zero-order valence-corrected chi connectivity index (χ0v) is 18.7. The van der Waals surface area contributed by atoms with E-state index in [1.54, 1.807) is 30.2 Å². The molecular formula is C21H28N4O2S2. The quantitative estimate of drug-likeness (QED) is 0.676. The average Bonchev–Trinajstić information content (AvgIpc) is 3.28. The number of thioether (sulfide) groups is 1. The van der Waals surface area contributed by atoms with E-state index in [-0.39, 0.29) is 5.91 Å². The molecule has 1 atom stereocenters. The molecule has 2 saturated heterocycles. The van der Waals surface area contributed by atoms with Crippen molar-refractivity contribution in [1.29, 1.82) is 0 Å². The maximum atomic E-state index is 12.9. The van der Waals surface area contributed by atoms with Gasteiger partial charge in [-0.25, -0.2) is 4.98 Å². The number of nitrogens with zero attached hydrogens (tertiary/aromatic N) is 4. The van der Waals surface area contributed by atoms with Crippen molar-refractivity contribution in [2.24, 2.45) is 0 Å². The number of piperazine rings is 1. The SMILES string of the molecule is COc1ccc(N2CCN([C@@H]3CCCN(C(=O)c4csc(SC)n4)C3)CC2)cc1. The van der Waals surface area contributed by atoms with Crippen LogP contribution in [0.5, 0.6) is 5.75 Å². The molecule has 0 spiro atoms. The first kappa shape index (κ1) is 20.5. The van der Waals surface area contributed by atoms with Crippen LogP contribution in [0.1, 0.15) is 23.3 Å². The van der Waals surface area contributed by atoms with Gasteiger partial charge < -0.3 is 14.5 Å². The Labute approximate surface area is 180 Å². The predicted octanol–water partition coefficient (Wildman–Crippen LogP) is 3.30. The highest BCUT2D eigenvalue weighted by Crippen LogP contribution is 2.25. The fraction of sp³-hybridized carbons (Fsp3) is 0.524. The number of methoxy groups -OCH3 is 1. The number of benzene rings is 1. The molecule has 0 aliphatic carbocycles. The normalized spacial score (nSPS) is 20.7. The van der Waals surface area contributed by atoms with Crippen LogP contribution in [0.15, 0.2) is 34.0 Å². The third-order valence-electron chi connectivity index (χ3n) is 5.83. The Morgan fingerprint density at radius 3 is 2.59 bits per heavy atom. The molecule has 3 heterocycles. The summed E-state index contributed by atoms with van der Waals surface area (Å²) < 4.78 is 6.21. The molecule has 0 N–H and O–H groups in total. The molecule has 1 aromatic heterocycles. The molecule has 1 amide bonds. The van der Waals surface area contributed by atoms with Crippen LogP contribution < -0.4 is 9.64 Å². The topological polar surface area (TPSA) is 48.9 Å². The van der Waals surface area contributed by atoms with Gasteiger partial charge in [0, 0.05) is 56.4 Å². The van der Waals surface area contributed by atoms with Crippen molar-refractivity contribution in [2.45, 2.75) is 23.2 Å². The first-order chi connectivity index (χ1) is 14.2. The van der Waals surface area contributed by atoms with Gasteiger partial charge in [0.25, 0.3) is 5.91 Å². The lowest BCUT2D eigenvalue weighted by Gasteiger charge is -2.43. The summed E-state index contributed by atoms with van der Waals surface area (Å²) >= 11 is 3.15. The van der Waals surface area contributed by atoms with E-state index in [0.717, 1.165) is 55.8 Å². The molecule has 8 heteroatoms. The lowest BCUT2D eigenvalue weighted by Crippen LogP contribution is -2.55. The number of hydrogen-bond donors (Lipinski definition) is 0. The smallest absolute Gasteiger partial charge is 0.273 e. The van der Waals surface area contributed by atoms with Crippen molar-refractivity contribution in [2.75, 3.05) is 57.5 Å². The van der Waals surface area contributed by atoms with E-state index < -0.39 is 0 Å². The molecule has 4 rings (SSSR count). The Morgan fingerprint density at radius 1 is 1.17 bits per heavy atom. The van der Waals surface area contributed by atoms with Gasteiger partial charge in [0.05, 0.1) is 7.11 Å². The zero-order valence-electron chi connectivity index (χ0n) is 17.0. The van der Waals surface area contributed by atoms with Gasteiger partial charge in [-0.1, -0.05) is 11.8 Å². The van der Waals surface area contributed by atoms with Gasteiger partial charge in [-0.05, 0) is 43.4 Å². The second-order valence-electron chi connectivity index (χ2n) is 7.47. The number of likely N-dealkylation sites (tertiary alicyclic amines) is 1. The number of hydrogen-bond acceptors (Lipinski definition) is 7. The van der Waals surface area contributed by atoms with Gasteiger partial charge in [-0.15, -0.1) is 11.3 Å². The third kappa shape index (κ3) is 4.70. The molecule has 0 bridgehead atoms. The summed E-state index contributed by atoms with van der Waals surface area (Å²) in [6.45, 7) is 5.75. The fourth-order valence-electron chi connectivity index (χ4n) is 4.19. The molecule has 29 heavy (non-hydrogen) atoms. The molecule has 6 nitrogen and oxygen atoms in total. The van der Waals surface area contributed by atoms with E-state index >= 15 is 0 Å². The predicted molar refractivity (Wildman–Crippen MR) is 120 cm³/mol. The standard InChI is InChI=1S/C21H28N4O2S2/c1-27-18-7-5-16(6-8-18)23-10-12-24(13-11-23)17-4-3-9-25(14-17)20(26)19-15-29-21(22-19)28-2/h5-8,15,17H,3-4,9-14H2,1-2H3/t17-/m1/s1. The summed E-state index contributed by atoms with van der Waals surface area (Å²) in [6, 6.07) is 8.75. The van der Waals surface area contributed by atoms with E-state index in [1.165, 1.54) is 12.1 Å².